The second kappa shape index (κ2) is 9.43. The summed E-state index contributed by atoms with van der Waals surface area (Å²) in [5.74, 6) is 1.48. The molecular weight excluding hydrogens is 278 g/mol. The van der Waals surface area contributed by atoms with Crippen LogP contribution in [0, 0.1) is 0 Å². The summed E-state index contributed by atoms with van der Waals surface area (Å²) in [6.07, 6.45) is 2.13. The predicted molar refractivity (Wildman–Crippen MR) is 89.4 cm³/mol. The van der Waals surface area contributed by atoms with Crippen molar-refractivity contribution < 1.29 is 9.47 Å². The van der Waals surface area contributed by atoms with E-state index in [1.165, 1.54) is 12.0 Å². The molecule has 0 bridgehead atoms. The Morgan fingerprint density at radius 2 is 2.05 bits per heavy atom. The van der Waals surface area contributed by atoms with Crippen LogP contribution in [0.5, 0.6) is 0 Å². The molecule has 1 fully saturated rings. The molecule has 0 amide bonds. The van der Waals surface area contributed by atoms with Crippen molar-refractivity contribution in [3.05, 3.63) is 35.9 Å². The quantitative estimate of drug-likeness (QED) is 0.415. The molecule has 122 valence electrons. The second-order valence-electron chi connectivity index (χ2n) is 5.46. The zero-order chi connectivity index (χ0) is 15.6. The molecule has 0 aromatic heterocycles. The molecule has 0 saturated heterocycles. The highest BCUT2D eigenvalue weighted by molar-refractivity contribution is 5.80. The van der Waals surface area contributed by atoms with Gasteiger partial charge in [-0.1, -0.05) is 30.3 Å². The van der Waals surface area contributed by atoms with Crippen LogP contribution in [0.3, 0.4) is 0 Å². The third-order valence-electron chi connectivity index (χ3n) is 3.75. The summed E-state index contributed by atoms with van der Waals surface area (Å²) in [5, 5.41) is 6.81. The molecule has 1 aliphatic carbocycles. The summed E-state index contributed by atoms with van der Waals surface area (Å²) in [6, 6.07) is 11.1. The predicted octanol–water partition coefficient (Wildman–Crippen LogP) is 1.76. The number of ether oxygens (including phenoxy) is 2. The van der Waals surface area contributed by atoms with Crippen molar-refractivity contribution in [3.8, 4) is 0 Å². The van der Waals surface area contributed by atoms with Crippen molar-refractivity contribution in [3.63, 3.8) is 0 Å². The minimum absolute atomic E-state index is 0.492. The zero-order valence-electron chi connectivity index (χ0n) is 13.5. The first kappa shape index (κ1) is 16.8. The van der Waals surface area contributed by atoms with E-state index in [1.54, 1.807) is 7.11 Å². The average molecular weight is 305 g/mol. The topological polar surface area (TPSA) is 54.9 Å². The van der Waals surface area contributed by atoms with Crippen LogP contribution in [-0.4, -0.2) is 52.5 Å². The van der Waals surface area contributed by atoms with E-state index < -0.39 is 0 Å². The molecule has 1 saturated carbocycles. The maximum absolute atomic E-state index is 5.43. The molecule has 2 atom stereocenters. The monoisotopic (exact) mass is 305 g/mol. The van der Waals surface area contributed by atoms with E-state index in [0.29, 0.717) is 25.2 Å². The number of nitrogens with one attached hydrogen (secondary N) is 2. The molecule has 1 aromatic rings. The fourth-order valence-corrected chi connectivity index (χ4v) is 2.42. The Morgan fingerprint density at radius 3 is 2.77 bits per heavy atom. The molecule has 2 rings (SSSR count). The van der Waals surface area contributed by atoms with Crippen LogP contribution in [0.15, 0.2) is 35.3 Å². The van der Waals surface area contributed by atoms with Crippen molar-refractivity contribution >= 4 is 5.96 Å². The number of aliphatic imine (C=N–C) groups is 1. The Kier molecular flexibility index (Phi) is 7.19. The molecule has 22 heavy (non-hydrogen) atoms. The van der Waals surface area contributed by atoms with Crippen LogP contribution in [0.1, 0.15) is 24.3 Å². The highest BCUT2D eigenvalue weighted by Gasteiger charge is 2.38. The summed E-state index contributed by atoms with van der Waals surface area (Å²) in [5.41, 5.74) is 1.40. The smallest absolute Gasteiger partial charge is 0.191 e. The molecule has 5 nitrogen and oxygen atoms in total. The Labute approximate surface area is 133 Å². The number of rotatable bonds is 9. The average Bonchev–Trinajstić information content (AvgIpc) is 3.33. The number of guanidine groups is 1. The lowest BCUT2D eigenvalue weighted by Crippen LogP contribution is -2.39. The van der Waals surface area contributed by atoms with Crippen LogP contribution >= 0.6 is 0 Å². The molecule has 5 heteroatoms. The number of benzene rings is 1. The molecule has 2 unspecified atom stereocenters. The van der Waals surface area contributed by atoms with Crippen molar-refractivity contribution in [1.82, 2.24) is 10.6 Å². The summed E-state index contributed by atoms with van der Waals surface area (Å²) in [4.78, 5) is 4.28. The van der Waals surface area contributed by atoms with Gasteiger partial charge in [0.05, 0.1) is 13.2 Å². The maximum atomic E-state index is 5.43. The van der Waals surface area contributed by atoms with Gasteiger partial charge in [-0.25, -0.2) is 0 Å². The van der Waals surface area contributed by atoms with Gasteiger partial charge in [0.25, 0.3) is 0 Å². The van der Waals surface area contributed by atoms with E-state index >= 15 is 0 Å². The van der Waals surface area contributed by atoms with Crippen molar-refractivity contribution in [2.24, 2.45) is 4.99 Å². The minimum Gasteiger partial charge on any atom is -0.382 e. The summed E-state index contributed by atoms with van der Waals surface area (Å²) < 4.78 is 10.4. The van der Waals surface area contributed by atoms with E-state index in [4.69, 9.17) is 9.47 Å². The van der Waals surface area contributed by atoms with Gasteiger partial charge >= 0.3 is 0 Å². The van der Waals surface area contributed by atoms with E-state index in [2.05, 4.69) is 46.0 Å². The first-order valence-electron chi connectivity index (χ1n) is 7.94. The zero-order valence-corrected chi connectivity index (χ0v) is 13.5. The van der Waals surface area contributed by atoms with Gasteiger partial charge in [-0.3, -0.25) is 4.99 Å². The van der Waals surface area contributed by atoms with E-state index in [1.807, 2.05) is 7.05 Å². The molecular formula is C17H27N3O2. The normalized spacial score (nSPS) is 20.7. The molecule has 0 spiro atoms. The molecule has 1 aromatic carbocycles. The van der Waals surface area contributed by atoms with Crippen LogP contribution in [0.2, 0.25) is 0 Å². The lowest BCUT2D eigenvalue weighted by atomic mass is 10.1. The molecule has 2 N–H and O–H groups in total. The Morgan fingerprint density at radius 1 is 1.23 bits per heavy atom. The van der Waals surface area contributed by atoms with Crippen molar-refractivity contribution in [2.75, 3.05) is 40.5 Å². The van der Waals surface area contributed by atoms with E-state index in [0.717, 1.165) is 25.5 Å². The standard InChI is InChI=1S/C17H27N3O2/c1-18-17(19-9-6-10-22-12-11-21-2)20-16-13-15(16)14-7-4-3-5-8-14/h3-5,7-8,15-16H,6,9-13H2,1-2H3,(H2,18,19,20). The third-order valence-corrected chi connectivity index (χ3v) is 3.75. The van der Waals surface area contributed by atoms with Gasteiger partial charge < -0.3 is 20.1 Å². The van der Waals surface area contributed by atoms with Crippen LogP contribution in [0.4, 0.5) is 0 Å². The van der Waals surface area contributed by atoms with Gasteiger partial charge in [-0.15, -0.1) is 0 Å². The van der Waals surface area contributed by atoms with E-state index in [9.17, 15) is 0 Å². The summed E-state index contributed by atoms with van der Waals surface area (Å²) >= 11 is 0. The van der Waals surface area contributed by atoms with Crippen molar-refractivity contribution in [1.29, 1.82) is 0 Å². The number of hydrogen-bond acceptors (Lipinski definition) is 3. The van der Waals surface area contributed by atoms with Gasteiger partial charge in [0.15, 0.2) is 5.96 Å². The number of nitrogens with zero attached hydrogens (tertiary/aromatic N) is 1. The van der Waals surface area contributed by atoms with E-state index in [-0.39, 0.29) is 0 Å². The van der Waals surface area contributed by atoms with Gasteiger partial charge in [0.2, 0.25) is 0 Å². The van der Waals surface area contributed by atoms with Gasteiger partial charge in [-0.05, 0) is 18.4 Å². The molecule has 0 radical (unpaired) electrons. The van der Waals surface area contributed by atoms with Gasteiger partial charge in [0.1, 0.15) is 0 Å². The van der Waals surface area contributed by atoms with Crippen LogP contribution < -0.4 is 10.6 Å². The van der Waals surface area contributed by atoms with Gasteiger partial charge in [0, 0.05) is 39.3 Å². The Balaban J connectivity index is 1.59. The number of hydrogen-bond donors (Lipinski definition) is 2. The molecule has 0 aliphatic heterocycles. The van der Waals surface area contributed by atoms with Gasteiger partial charge in [-0.2, -0.15) is 0 Å². The van der Waals surface area contributed by atoms with Crippen LogP contribution in [-0.2, 0) is 9.47 Å². The highest BCUT2D eigenvalue weighted by atomic mass is 16.5. The highest BCUT2D eigenvalue weighted by Crippen LogP contribution is 2.40. The lowest BCUT2D eigenvalue weighted by Gasteiger charge is -2.12. The first-order chi connectivity index (χ1) is 10.8. The molecule has 0 heterocycles. The van der Waals surface area contributed by atoms with Crippen molar-refractivity contribution in [2.45, 2.75) is 24.8 Å². The molecule has 1 aliphatic rings. The third kappa shape index (κ3) is 5.66. The Hall–Kier alpha value is -1.59. The maximum Gasteiger partial charge on any atom is 0.191 e. The first-order valence-corrected chi connectivity index (χ1v) is 7.94. The fourth-order valence-electron chi connectivity index (χ4n) is 2.42. The van der Waals surface area contributed by atoms with Crippen LogP contribution in [0.25, 0.3) is 0 Å². The Bertz CT molecular complexity index is 450. The summed E-state index contributed by atoms with van der Waals surface area (Å²) in [6.45, 7) is 2.91. The summed E-state index contributed by atoms with van der Waals surface area (Å²) in [7, 11) is 3.49. The largest absolute Gasteiger partial charge is 0.382 e. The SMILES string of the molecule is CN=C(NCCCOCCOC)NC1CC1c1ccccc1. The lowest BCUT2D eigenvalue weighted by molar-refractivity contribution is 0.0698. The minimum atomic E-state index is 0.492. The fraction of sp³-hybridized carbons (Fsp3) is 0.588. The second-order valence-corrected chi connectivity index (χ2v) is 5.46. The number of methoxy groups -OCH3 is 1.